The quantitative estimate of drug-likeness (QED) is 0.124. The molecule has 70 heavy (non-hydrogen) atoms. The van der Waals surface area contributed by atoms with Crippen LogP contribution in [0.1, 0.15) is 0 Å². The molecule has 14 rings (SSSR count). The minimum absolute atomic E-state index is 1.01. The molecule has 1 nitrogen and oxygen atoms in total. The van der Waals surface area contributed by atoms with Crippen molar-refractivity contribution >= 4 is 80.1 Å². The zero-order chi connectivity index (χ0) is 46.9. The molecule has 0 saturated carbocycles. The number of nitrogens with zero attached hydrogens (tertiary/aromatic N) is 1. The lowest BCUT2D eigenvalue weighted by atomic mass is 9.85. The molecular formula is C67H49NSi2. The van der Waals surface area contributed by atoms with E-state index in [-0.39, 0.29) is 0 Å². The molecule has 330 valence electrons. The summed E-state index contributed by atoms with van der Waals surface area (Å²) in [5, 5.41) is 14.8. The van der Waals surface area contributed by atoms with Gasteiger partial charge in [-0.25, -0.2) is 4.98 Å². The van der Waals surface area contributed by atoms with E-state index < -0.39 is 16.1 Å². The van der Waals surface area contributed by atoms with Gasteiger partial charge in [0.1, 0.15) is 16.1 Å². The SMILES string of the molecule is C[Si]1(C)c2ccccc2-c2ccc(-c3cc(-c4ccc5c(c4)[Si](C)(C)c4ccccc4-5)c4cccc(-c5ccc(-c6c7ccccc7c(-c7ccc8ccccc8c7)c7ccccc67)cc5)c4n3)cc21. The van der Waals surface area contributed by atoms with Crippen LogP contribution in [-0.4, -0.2) is 21.1 Å². The van der Waals surface area contributed by atoms with Crippen LogP contribution in [0.15, 0.2) is 224 Å². The molecule has 3 heteroatoms. The van der Waals surface area contributed by atoms with Crippen molar-refractivity contribution in [2.45, 2.75) is 26.2 Å². The lowest BCUT2D eigenvalue weighted by molar-refractivity contribution is 1.40. The van der Waals surface area contributed by atoms with Crippen LogP contribution >= 0.6 is 0 Å². The molecule has 0 radical (unpaired) electrons. The zero-order valence-corrected chi connectivity index (χ0v) is 41.8. The van der Waals surface area contributed by atoms with Gasteiger partial charge >= 0.3 is 0 Å². The first-order valence-corrected chi connectivity index (χ1v) is 30.7. The van der Waals surface area contributed by atoms with Crippen molar-refractivity contribution in [2.75, 3.05) is 0 Å². The third-order valence-electron chi connectivity index (χ3n) is 16.1. The van der Waals surface area contributed by atoms with Crippen LogP contribution in [0.3, 0.4) is 0 Å². The number of aromatic nitrogens is 1. The van der Waals surface area contributed by atoms with Crippen LogP contribution in [0, 0.1) is 0 Å². The summed E-state index contributed by atoms with van der Waals surface area (Å²) in [5.41, 5.74) is 18.5. The molecule has 0 aliphatic carbocycles. The van der Waals surface area contributed by atoms with Gasteiger partial charge in [0.25, 0.3) is 0 Å². The van der Waals surface area contributed by atoms with Crippen LogP contribution < -0.4 is 20.7 Å². The molecule has 11 aromatic carbocycles. The summed E-state index contributed by atoms with van der Waals surface area (Å²) in [4.78, 5) is 5.71. The minimum Gasteiger partial charge on any atom is -0.247 e. The summed E-state index contributed by atoms with van der Waals surface area (Å²) < 4.78 is 0. The summed E-state index contributed by atoms with van der Waals surface area (Å²) in [6.07, 6.45) is 0. The van der Waals surface area contributed by atoms with Crippen molar-refractivity contribution in [2.24, 2.45) is 0 Å². The van der Waals surface area contributed by atoms with Gasteiger partial charge in [-0.3, -0.25) is 0 Å². The van der Waals surface area contributed by atoms with Crippen molar-refractivity contribution in [1.82, 2.24) is 4.98 Å². The Morgan fingerprint density at radius 3 is 1.34 bits per heavy atom. The molecule has 2 aliphatic heterocycles. The summed E-state index contributed by atoms with van der Waals surface area (Å²) in [6.45, 7) is 10.0. The Balaban J connectivity index is 0.942. The number of rotatable bonds is 5. The first kappa shape index (κ1) is 41.1. The molecule has 2 aliphatic rings. The highest BCUT2D eigenvalue weighted by molar-refractivity contribution is 7.04. The fourth-order valence-corrected chi connectivity index (χ4v) is 18.7. The van der Waals surface area contributed by atoms with Gasteiger partial charge in [-0.2, -0.15) is 0 Å². The molecule has 0 spiro atoms. The number of fused-ring (bicyclic) bond motifs is 10. The van der Waals surface area contributed by atoms with Crippen LogP contribution in [-0.2, 0) is 0 Å². The van der Waals surface area contributed by atoms with E-state index in [1.54, 1.807) is 0 Å². The fraction of sp³-hybridized carbons (Fsp3) is 0.0597. The largest absolute Gasteiger partial charge is 0.247 e. The topological polar surface area (TPSA) is 12.9 Å². The van der Waals surface area contributed by atoms with E-state index in [0.29, 0.717) is 0 Å². The summed E-state index contributed by atoms with van der Waals surface area (Å²) in [5.74, 6) is 0. The lowest BCUT2D eigenvalue weighted by Crippen LogP contribution is -2.49. The molecule has 3 heterocycles. The normalized spacial score (nSPS) is 13.9. The summed E-state index contributed by atoms with van der Waals surface area (Å²) in [7, 11) is -3.84. The molecule has 0 unspecified atom stereocenters. The molecule has 0 saturated heterocycles. The van der Waals surface area contributed by atoms with Crippen molar-refractivity contribution in [1.29, 1.82) is 0 Å². The van der Waals surface area contributed by atoms with Crippen LogP contribution in [0.25, 0.3) is 121 Å². The molecule has 0 bridgehead atoms. The Bertz CT molecular complexity index is 4120. The maximum Gasteiger partial charge on any atom is 0.113 e. The second-order valence-corrected chi connectivity index (χ2v) is 29.3. The highest BCUT2D eigenvalue weighted by Crippen LogP contribution is 2.45. The zero-order valence-electron chi connectivity index (χ0n) is 39.8. The van der Waals surface area contributed by atoms with Gasteiger partial charge in [0.15, 0.2) is 0 Å². The van der Waals surface area contributed by atoms with Crippen molar-refractivity contribution in [3.8, 4) is 78.0 Å². The van der Waals surface area contributed by atoms with Crippen LogP contribution in [0.2, 0.25) is 26.2 Å². The predicted octanol–water partition coefficient (Wildman–Crippen LogP) is 15.6. The molecule has 1 aromatic heterocycles. The Labute approximate surface area is 411 Å². The van der Waals surface area contributed by atoms with Gasteiger partial charge in [0.05, 0.1) is 11.2 Å². The van der Waals surface area contributed by atoms with E-state index in [1.807, 2.05) is 0 Å². The molecule has 12 aromatic rings. The number of hydrogen-bond acceptors (Lipinski definition) is 1. The third kappa shape index (κ3) is 6.05. The molecule has 0 atom stereocenters. The Kier molecular flexibility index (Phi) is 8.96. The van der Waals surface area contributed by atoms with Gasteiger partial charge in [-0.1, -0.05) is 239 Å². The monoisotopic (exact) mass is 923 g/mol. The Hall–Kier alpha value is -7.96. The van der Waals surface area contributed by atoms with Crippen molar-refractivity contribution in [3.05, 3.63) is 224 Å². The maximum absolute atomic E-state index is 5.71. The van der Waals surface area contributed by atoms with E-state index in [0.717, 1.165) is 22.3 Å². The summed E-state index contributed by atoms with van der Waals surface area (Å²) in [6, 6.07) is 84.5. The molecule has 0 fully saturated rings. The highest BCUT2D eigenvalue weighted by Gasteiger charge is 2.39. The average molecular weight is 924 g/mol. The average Bonchev–Trinajstić information content (AvgIpc) is 3.78. The van der Waals surface area contributed by atoms with E-state index in [9.17, 15) is 0 Å². The van der Waals surface area contributed by atoms with Gasteiger partial charge in [-0.15, -0.1) is 0 Å². The number of para-hydroxylation sites is 1. The minimum atomic E-state index is -1.92. The van der Waals surface area contributed by atoms with Gasteiger partial charge in [0.2, 0.25) is 0 Å². The van der Waals surface area contributed by atoms with E-state index in [1.165, 1.54) is 120 Å². The smallest absolute Gasteiger partial charge is 0.113 e. The van der Waals surface area contributed by atoms with Crippen LogP contribution in [0.5, 0.6) is 0 Å². The third-order valence-corrected chi connectivity index (χ3v) is 23.2. The number of benzene rings is 11. The fourth-order valence-electron chi connectivity index (χ4n) is 12.5. The first-order chi connectivity index (χ1) is 34.2. The highest BCUT2D eigenvalue weighted by atomic mass is 28.3. The standard InChI is InChI=1S/C67H49NSi2/c1-69(2)61-26-13-11-18-50(61)52-36-34-46(39-63(52)69)59-41-60(47-35-37-53-51-19-12-14-27-62(51)70(3,4)64(53)40-47)68-67-49(24-15-25-58(59)67)43-29-31-44(32-30-43)65-54-20-7-9-22-56(54)66(57-23-10-8-21-55(57)65)48-33-28-42-16-5-6-17-45(42)38-48/h5-41H,1-4H3. The molecule has 0 N–H and O–H groups in total. The van der Waals surface area contributed by atoms with Gasteiger partial charge in [0, 0.05) is 16.5 Å². The van der Waals surface area contributed by atoms with Crippen molar-refractivity contribution in [3.63, 3.8) is 0 Å². The second kappa shape index (κ2) is 15.3. The van der Waals surface area contributed by atoms with E-state index in [4.69, 9.17) is 4.98 Å². The number of hydrogen-bond donors (Lipinski definition) is 0. The van der Waals surface area contributed by atoms with Gasteiger partial charge in [-0.05, 0) is 126 Å². The molecule has 0 amide bonds. The first-order valence-electron chi connectivity index (χ1n) is 24.7. The molecular weight excluding hydrogens is 875 g/mol. The Morgan fingerprint density at radius 2 is 0.714 bits per heavy atom. The van der Waals surface area contributed by atoms with Gasteiger partial charge < -0.3 is 0 Å². The van der Waals surface area contributed by atoms with Crippen LogP contribution in [0.4, 0.5) is 0 Å². The second-order valence-electron chi connectivity index (χ2n) is 20.6. The Morgan fingerprint density at radius 1 is 0.271 bits per heavy atom. The summed E-state index contributed by atoms with van der Waals surface area (Å²) >= 11 is 0. The van der Waals surface area contributed by atoms with Crippen molar-refractivity contribution < 1.29 is 0 Å². The lowest BCUT2D eigenvalue weighted by Gasteiger charge is -2.21. The number of pyridine rings is 1. The van der Waals surface area contributed by atoms with E-state index >= 15 is 0 Å². The maximum atomic E-state index is 5.71. The van der Waals surface area contributed by atoms with E-state index in [2.05, 4.69) is 251 Å². The predicted molar refractivity (Wildman–Crippen MR) is 306 cm³/mol.